The van der Waals surface area contributed by atoms with Crippen LogP contribution in [0.1, 0.15) is 38.8 Å². The molecule has 7 nitrogen and oxygen atoms in total. The molecule has 2 aromatic rings. The summed E-state index contributed by atoms with van der Waals surface area (Å²) in [4.78, 5) is 33.2. The van der Waals surface area contributed by atoms with E-state index in [0.29, 0.717) is 11.5 Å². The van der Waals surface area contributed by atoms with E-state index in [-0.39, 0.29) is 23.9 Å². The molecule has 1 aromatic heterocycles. The zero-order valence-corrected chi connectivity index (χ0v) is 16.6. The van der Waals surface area contributed by atoms with Crippen LogP contribution in [-0.4, -0.2) is 33.9 Å². The SMILES string of the molecule is CC1(C)CNc2cc(N3C(=O)N(Cc4ccnc(N)c4)C(C)(C)C3=O)ccc21. The molecule has 2 aliphatic heterocycles. The van der Waals surface area contributed by atoms with E-state index in [1.807, 2.05) is 18.2 Å². The van der Waals surface area contributed by atoms with Crippen LogP contribution in [0.4, 0.5) is 22.0 Å². The molecule has 0 aliphatic carbocycles. The first kappa shape index (κ1) is 18.3. The molecule has 1 saturated heterocycles. The Hall–Kier alpha value is -3.09. The number of hydrogen-bond donors (Lipinski definition) is 2. The normalized spacial score (nSPS) is 19.7. The maximum absolute atomic E-state index is 13.2. The first-order valence-corrected chi connectivity index (χ1v) is 9.36. The van der Waals surface area contributed by atoms with Gasteiger partial charge in [0.2, 0.25) is 0 Å². The summed E-state index contributed by atoms with van der Waals surface area (Å²) < 4.78 is 0. The highest BCUT2D eigenvalue weighted by Crippen LogP contribution is 2.40. The van der Waals surface area contributed by atoms with E-state index in [1.165, 1.54) is 10.5 Å². The van der Waals surface area contributed by atoms with Gasteiger partial charge < -0.3 is 16.0 Å². The molecular weight excluding hydrogens is 354 g/mol. The van der Waals surface area contributed by atoms with Crippen LogP contribution in [0.3, 0.4) is 0 Å². The summed E-state index contributed by atoms with van der Waals surface area (Å²) in [5.41, 5.74) is 8.41. The molecule has 7 heteroatoms. The Bertz CT molecular complexity index is 983. The van der Waals surface area contributed by atoms with E-state index in [0.717, 1.165) is 17.8 Å². The minimum atomic E-state index is -0.958. The van der Waals surface area contributed by atoms with Crippen molar-refractivity contribution < 1.29 is 9.59 Å². The summed E-state index contributed by atoms with van der Waals surface area (Å²) in [5, 5.41) is 3.38. The second-order valence-corrected chi connectivity index (χ2v) is 8.62. The molecule has 0 saturated carbocycles. The number of hydrogen-bond acceptors (Lipinski definition) is 5. The second-order valence-electron chi connectivity index (χ2n) is 8.62. The Morgan fingerprint density at radius 3 is 2.61 bits per heavy atom. The van der Waals surface area contributed by atoms with Crippen molar-refractivity contribution in [1.29, 1.82) is 0 Å². The lowest BCUT2D eigenvalue weighted by atomic mass is 9.87. The van der Waals surface area contributed by atoms with E-state index in [2.05, 4.69) is 24.1 Å². The minimum absolute atomic E-state index is 0.0273. The number of benzene rings is 1. The minimum Gasteiger partial charge on any atom is -0.384 e. The highest BCUT2D eigenvalue weighted by atomic mass is 16.2. The van der Waals surface area contributed by atoms with Crippen LogP contribution in [0.25, 0.3) is 0 Å². The molecular formula is C21H25N5O2. The van der Waals surface area contributed by atoms with Gasteiger partial charge in [0.1, 0.15) is 11.4 Å². The van der Waals surface area contributed by atoms with Gasteiger partial charge in [-0.15, -0.1) is 0 Å². The van der Waals surface area contributed by atoms with E-state index >= 15 is 0 Å². The van der Waals surface area contributed by atoms with Gasteiger partial charge in [0.05, 0.1) is 5.69 Å². The number of nitrogens with two attached hydrogens (primary N) is 1. The molecule has 0 spiro atoms. The number of imide groups is 1. The fourth-order valence-corrected chi connectivity index (χ4v) is 3.92. The van der Waals surface area contributed by atoms with Crippen LogP contribution in [-0.2, 0) is 16.8 Å². The molecule has 0 radical (unpaired) electrons. The fraction of sp³-hybridized carbons (Fsp3) is 0.381. The van der Waals surface area contributed by atoms with Gasteiger partial charge in [-0.05, 0) is 49.2 Å². The predicted molar refractivity (Wildman–Crippen MR) is 109 cm³/mol. The van der Waals surface area contributed by atoms with Crippen LogP contribution < -0.4 is 16.0 Å². The van der Waals surface area contributed by atoms with Gasteiger partial charge in [0.25, 0.3) is 5.91 Å². The number of aromatic nitrogens is 1. The van der Waals surface area contributed by atoms with Crippen molar-refractivity contribution >= 4 is 29.1 Å². The summed E-state index contributed by atoms with van der Waals surface area (Å²) in [6.07, 6.45) is 1.60. The Morgan fingerprint density at radius 2 is 1.89 bits per heavy atom. The molecule has 0 unspecified atom stereocenters. The van der Waals surface area contributed by atoms with Crippen LogP contribution in [0.2, 0.25) is 0 Å². The highest BCUT2D eigenvalue weighted by Gasteiger charge is 2.52. The number of nitrogen functional groups attached to an aromatic ring is 1. The first-order valence-electron chi connectivity index (χ1n) is 9.36. The molecule has 0 bridgehead atoms. The van der Waals surface area contributed by atoms with E-state index in [1.54, 1.807) is 37.1 Å². The van der Waals surface area contributed by atoms with Gasteiger partial charge in [0, 0.05) is 30.4 Å². The number of nitrogens with zero attached hydrogens (tertiary/aromatic N) is 3. The first-order chi connectivity index (χ1) is 13.1. The summed E-state index contributed by atoms with van der Waals surface area (Å²) in [5.74, 6) is 0.147. The van der Waals surface area contributed by atoms with Gasteiger partial charge in [0.15, 0.2) is 0 Å². The quantitative estimate of drug-likeness (QED) is 0.800. The fourth-order valence-electron chi connectivity index (χ4n) is 3.92. The number of amides is 3. The lowest BCUT2D eigenvalue weighted by Crippen LogP contribution is -2.43. The zero-order valence-electron chi connectivity index (χ0n) is 16.6. The number of carbonyl (C=O) groups excluding carboxylic acids is 2. The van der Waals surface area contributed by atoms with Gasteiger partial charge in [-0.25, -0.2) is 14.7 Å². The average Bonchev–Trinajstić information content (AvgIpc) is 3.01. The Morgan fingerprint density at radius 1 is 1.14 bits per heavy atom. The predicted octanol–water partition coefficient (Wildman–Crippen LogP) is 3.11. The largest absolute Gasteiger partial charge is 0.384 e. The van der Waals surface area contributed by atoms with E-state index in [4.69, 9.17) is 5.73 Å². The molecule has 3 amide bonds. The number of nitrogens with one attached hydrogen (secondary N) is 1. The number of fused-ring (bicyclic) bond motifs is 1. The summed E-state index contributed by atoms with van der Waals surface area (Å²) >= 11 is 0. The van der Waals surface area contributed by atoms with Crippen LogP contribution in [0, 0.1) is 0 Å². The monoisotopic (exact) mass is 379 g/mol. The molecule has 1 aromatic carbocycles. The van der Waals surface area contributed by atoms with Crippen molar-refractivity contribution in [1.82, 2.24) is 9.88 Å². The number of anilines is 3. The summed E-state index contributed by atoms with van der Waals surface area (Å²) in [7, 11) is 0. The lowest BCUT2D eigenvalue weighted by molar-refractivity contribution is -0.123. The highest BCUT2D eigenvalue weighted by molar-refractivity contribution is 6.23. The molecule has 146 valence electrons. The maximum Gasteiger partial charge on any atom is 0.332 e. The third-order valence-corrected chi connectivity index (χ3v) is 5.72. The molecule has 2 aliphatic rings. The van der Waals surface area contributed by atoms with Gasteiger partial charge in [-0.1, -0.05) is 19.9 Å². The number of pyridine rings is 1. The van der Waals surface area contributed by atoms with Gasteiger partial charge in [-0.2, -0.15) is 0 Å². The molecule has 4 rings (SSSR count). The topological polar surface area (TPSA) is 91.6 Å². The second kappa shape index (κ2) is 5.95. The molecule has 0 atom stereocenters. The summed E-state index contributed by atoms with van der Waals surface area (Å²) in [6.45, 7) is 9.00. The standard InChI is InChI=1S/C21H25N5O2/c1-20(2)12-24-16-10-14(5-6-15(16)20)26-18(27)21(3,4)25(19(26)28)11-13-7-8-23-17(22)9-13/h5-10,24H,11-12H2,1-4H3,(H2,22,23). The van der Waals surface area contributed by atoms with E-state index < -0.39 is 5.54 Å². The number of urea groups is 1. The van der Waals surface area contributed by atoms with Crippen molar-refractivity contribution in [3.63, 3.8) is 0 Å². The zero-order chi connectivity index (χ0) is 20.3. The average molecular weight is 379 g/mol. The molecule has 3 N–H and O–H groups in total. The van der Waals surface area contributed by atoms with Crippen molar-refractivity contribution in [3.8, 4) is 0 Å². The number of rotatable bonds is 3. The maximum atomic E-state index is 13.2. The lowest BCUT2D eigenvalue weighted by Gasteiger charge is -2.27. The molecule has 28 heavy (non-hydrogen) atoms. The Balaban J connectivity index is 1.68. The van der Waals surface area contributed by atoms with Crippen LogP contribution in [0.15, 0.2) is 36.5 Å². The van der Waals surface area contributed by atoms with Crippen molar-refractivity contribution in [2.24, 2.45) is 0 Å². The third-order valence-electron chi connectivity index (χ3n) is 5.72. The third kappa shape index (κ3) is 2.69. The number of carbonyl (C=O) groups is 2. The van der Waals surface area contributed by atoms with E-state index in [9.17, 15) is 9.59 Å². The van der Waals surface area contributed by atoms with Crippen molar-refractivity contribution in [2.75, 3.05) is 22.5 Å². The van der Waals surface area contributed by atoms with Crippen molar-refractivity contribution in [2.45, 2.75) is 45.2 Å². The smallest absolute Gasteiger partial charge is 0.332 e. The van der Waals surface area contributed by atoms with Gasteiger partial charge in [-0.3, -0.25) is 4.79 Å². The van der Waals surface area contributed by atoms with Gasteiger partial charge >= 0.3 is 6.03 Å². The Kier molecular flexibility index (Phi) is 3.89. The molecule has 1 fully saturated rings. The summed E-state index contributed by atoms with van der Waals surface area (Å²) in [6, 6.07) is 8.94. The Labute approximate surface area is 164 Å². The van der Waals surface area contributed by atoms with Crippen LogP contribution >= 0.6 is 0 Å². The van der Waals surface area contributed by atoms with Crippen molar-refractivity contribution in [3.05, 3.63) is 47.7 Å². The molecule has 3 heterocycles. The van der Waals surface area contributed by atoms with Crippen LogP contribution in [0.5, 0.6) is 0 Å².